The summed E-state index contributed by atoms with van der Waals surface area (Å²) in [4.78, 5) is 17.4. The molecular weight excluding hydrogens is 238 g/mol. The van der Waals surface area contributed by atoms with Crippen molar-refractivity contribution in [2.45, 2.75) is 70.1 Å². The normalized spacial score (nSPS) is 34.2. The topological polar surface area (TPSA) is 35.6 Å². The van der Waals surface area contributed by atoms with Crippen LogP contribution in [0.1, 0.15) is 52.4 Å². The molecular formula is C15H27N3O. The highest BCUT2D eigenvalue weighted by Crippen LogP contribution is 2.44. The van der Waals surface area contributed by atoms with Gasteiger partial charge in [-0.05, 0) is 45.2 Å². The molecule has 0 radical (unpaired) electrons. The molecule has 1 N–H and O–H groups in total. The molecule has 4 heteroatoms. The van der Waals surface area contributed by atoms with Crippen LogP contribution < -0.4 is 5.32 Å². The molecule has 4 nitrogen and oxygen atoms in total. The smallest absolute Gasteiger partial charge is 0.244 e. The number of likely N-dealkylation sites (tertiary alicyclic amines) is 1. The van der Waals surface area contributed by atoms with E-state index in [4.69, 9.17) is 0 Å². The molecule has 2 unspecified atom stereocenters. The van der Waals surface area contributed by atoms with Gasteiger partial charge in [-0.2, -0.15) is 0 Å². The number of hydrogen-bond acceptors (Lipinski definition) is 3. The Bertz CT molecular complexity index is 353. The van der Waals surface area contributed by atoms with Gasteiger partial charge in [-0.3, -0.25) is 10.1 Å². The van der Waals surface area contributed by atoms with E-state index in [9.17, 15) is 4.79 Å². The Morgan fingerprint density at radius 3 is 2.79 bits per heavy atom. The van der Waals surface area contributed by atoms with E-state index >= 15 is 0 Å². The largest absolute Gasteiger partial charge is 0.321 e. The van der Waals surface area contributed by atoms with Crippen LogP contribution in [0.2, 0.25) is 0 Å². The van der Waals surface area contributed by atoms with Crippen molar-refractivity contribution in [3.63, 3.8) is 0 Å². The van der Waals surface area contributed by atoms with Crippen LogP contribution in [0.5, 0.6) is 0 Å². The summed E-state index contributed by atoms with van der Waals surface area (Å²) < 4.78 is 0. The Hall–Kier alpha value is -0.610. The highest BCUT2D eigenvalue weighted by atomic mass is 16.2. The fraction of sp³-hybridized carbons (Fsp3) is 0.933. The zero-order chi connectivity index (χ0) is 13.5. The SMILES string of the molecule is CCCC1NC2(CC2)C(=O)N1C1CCCN(CC)C1. The second-order valence-corrected chi connectivity index (χ2v) is 6.43. The van der Waals surface area contributed by atoms with Crippen molar-refractivity contribution in [3.8, 4) is 0 Å². The van der Waals surface area contributed by atoms with E-state index in [2.05, 4.69) is 29.0 Å². The van der Waals surface area contributed by atoms with Gasteiger partial charge in [0, 0.05) is 12.6 Å². The molecule has 3 rings (SSSR count). The molecule has 1 amide bonds. The maximum Gasteiger partial charge on any atom is 0.244 e. The minimum atomic E-state index is -0.145. The molecule has 1 spiro atoms. The lowest BCUT2D eigenvalue weighted by Gasteiger charge is -2.39. The van der Waals surface area contributed by atoms with Gasteiger partial charge >= 0.3 is 0 Å². The first kappa shape index (κ1) is 13.4. The summed E-state index contributed by atoms with van der Waals surface area (Å²) in [6.07, 6.45) is 7.04. The highest BCUT2D eigenvalue weighted by molar-refractivity contribution is 5.92. The Morgan fingerprint density at radius 2 is 2.16 bits per heavy atom. The van der Waals surface area contributed by atoms with Crippen molar-refractivity contribution in [1.29, 1.82) is 0 Å². The lowest BCUT2D eigenvalue weighted by atomic mass is 10.0. The number of nitrogens with zero attached hydrogens (tertiary/aromatic N) is 2. The summed E-state index contributed by atoms with van der Waals surface area (Å²) in [5.41, 5.74) is -0.145. The van der Waals surface area contributed by atoms with E-state index in [1.807, 2.05) is 0 Å². The predicted octanol–water partition coefficient (Wildman–Crippen LogP) is 1.56. The van der Waals surface area contributed by atoms with E-state index in [1.165, 1.54) is 19.4 Å². The molecule has 0 aromatic heterocycles. The Morgan fingerprint density at radius 1 is 1.37 bits per heavy atom. The van der Waals surface area contributed by atoms with E-state index in [-0.39, 0.29) is 5.54 Å². The monoisotopic (exact) mass is 265 g/mol. The first-order valence-electron chi connectivity index (χ1n) is 8.03. The molecule has 19 heavy (non-hydrogen) atoms. The number of carbonyl (C=O) groups excluding carboxylic acids is 1. The van der Waals surface area contributed by atoms with Gasteiger partial charge in [0.25, 0.3) is 0 Å². The van der Waals surface area contributed by atoms with Gasteiger partial charge in [-0.1, -0.05) is 20.3 Å². The van der Waals surface area contributed by atoms with E-state index < -0.39 is 0 Å². The Labute approximate surface area is 116 Å². The molecule has 0 bridgehead atoms. The van der Waals surface area contributed by atoms with Gasteiger partial charge in [0.2, 0.25) is 5.91 Å². The zero-order valence-corrected chi connectivity index (χ0v) is 12.3. The molecule has 3 fully saturated rings. The summed E-state index contributed by atoms with van der Waals surface area (Å²) in [7, 11) is 0. The maximum absolute atomic E-state index is 12.7. The zero-order valence-electron chi connectivity index (χ0n) is 12.3. The van der Waals surface area contributed by atoms with E-state index in [1.54, 1.807) is 0 Å². The first-order chi connectivity index (χ1) is 9.20. The van der Waals surface area contributed by atoms with Crippen LogP contribution in [-0.2, 0) is 4.79 Å². The standard InChI is InChI=1S/C15H27N3O/c1-3-6-13-16-15(8-9-15)14(19)18(13)12-7-5-10-17(4-2)11-12/h12-13,16H,3-11H2,1-2H3. The molecule has 108 valence electrons. The van der Waals surface area contributed by atoms with Gasteiger partial charge in [-0.15, -0.1) is 0 Å². The summed E-state index contributed by atoms with van der Waals surface area (Å²) in [5, 5.41) is 3.63. The third-order valence-corrected chi connectivity index (χ3v) is 5.06. The molecule has 3 aliphatic rings. The fourth-order valence-electron chi connectivity index (χ4n) is 3.77. The number of hydrogen-bond donors (Lipinski definition) is 1. The minimum absolute atomic E-state index is 0.145. The second kappa shape index (κ2) is 5.06. The van der Waals surface area contributed by atoms with Gasteiger partial charge < -0.3 is 9.80 Å². The van der Waals surface area contributed by atoms with Crippen molar-refractivity contribution in [3.05, 3.63) is 0 Å². The molecule has 1 aliphatic carbocycles. The number of nitrogens with one attached hydrogen (secondary N) is 1. The Balaban J connectivity index is 1.74. The number of carbonyl (C=O) groups is 1. The lowest BCUT2D eigenvalue weighted by Crippen LogP contribution is -2.52. The Kier molecular flexibility index (Phi) is 3.56. The lowest BCUT2D eigenvalue weighted by molar-refractivity contribution is -0.134. The summed E-state index contributed by atoms with van der Waals surface area (Å²) in [6.45, 7) is 7.81. The summed E-state index contributed by atoms with van der Waals surface area (Å²) >= 11 is 0. The molecule has 2 aliphatic heterocycles. The molecule has 2 saturated heterocycles. The first-order valence-corrected chi connectivity index (χ1v) is 8.03. The van der Waals surface area contributed by atoms with Crippen LogP contribution in [0.25, 0.3) is 0 Å². The minimum Gasteiger partial charge on any atom is -0.321 e. The average Bonchev–Trinajstić information content (AvgIpc) is 3.14. The summed E-state index contributed by atoms with van der Waals surface area (Å²) in [6, 6.07) is 0.435. The van der Waals surface area contributed by atoms with Crippen LogP contribution in [-0.4, -0.2) is 53.1 Å². The molecule has 0 aromatic carbocycles. The second-order valence-electron chi connectivity index (χ2n) is 6.43. The molecule has 0 aromatic rings. The van der Waals surface area contributed by atoms with E-state index in [0.717, 1.165) is 38.8 Å². The predicted molar refractivity (Wildman–Crippen MR) is 75.8 cm³/mol. The maximum atomic E-state index is 12.7. The molecule has 2 heterocycles. The third kappa shape index (κ3) is 2.29. The van der Waals surface area contributed by atoms with Gasteiger partial charge in [0.15, 0.2) is 0 Å². The van der Waals surface area contributed by atoms with Crippen LogP contribution in [0.4, 0.5) is 0 Å². The van der Waals surface area contributed by atoms with Crippen molar-refractivity contribution in [2.24, 2.45) is 0 Å². The van der Waals surface area contributed by atoms with Crippen molar-refractivity contribution in [2.75, 3.05) is 19.6 Å². The van der Waals surface area contributed by atoms with E-state index in [0.29, 0.717) is 18.1 Å². The molecule has 1 saturated carbocycles. The van der Waals surface area contributed by atoms with Gasteiger partial charge in [0.1, 0.15) is 0 Å². The summed E-state index contributed by atoms with van der Waals surface area (Å²) in [5.74, 6) is 0.397. The van der Waals surface area contributed by atoms with Crippen LogP contribution in [0, 0.1) is 0 Å². The molecule has 2 atom stereocenters. The average molecular weight is 265 g/mol. The van der Waals surface area contributed by atoms with Crippen molar-refractivity contribution < 1.29 is 4.79 Å². The van der Waals surface area contributed by atoms with Crippen LogP contribution in [0.15, 0.2) is 0 Å². The highest BCUT2D eigenvalue weighted by Gasteiger charge is 2.60. The number of likely N-dealkylation sites (N-methyl/N-ethyl adjacent to an activating group) is 1. The van der Waals surface area contributed by atoms with Gasteiger partial charge in [-0.25, -0.2) is 0 Å². The van der Waals surface area contributed by atoms with Crippen molar-refractivity contribution >= 4 is 5.91 Å². The van der Waals surface area contributed by atoms with Crippen LogP contribution in [0.3, 0.4) is 0 Å². The quantitative estimate of drug-likeness (QED) is 0.838. The number of piperidine rings is 1. The van der Waals surface area contributed by atoms with Gasteiger partial charge in [0.05, 0.1) is 11.7 Å². The number of amides is 1. The van der Waals surface area contributed by atoms with Crippen molar-refractivity contribution in [1.82, 2.24) is 15.1 Å². The fourth-order valence-corrected chi connectivity index (χ4v) is 3.77. The third-order valence-electron chi connectivity index (χ3n) is 5.06. The number of rotatable bonds is 4. The van der Waals surface area contributed by atoms with Crippen LogP contribution >= 0.6 is 0 Å².